The largest absolute Gasteiger partial charge is 0.494 e. The molecule has 3 aromatic rings. The van der Waals surface area contributed by atoms with E-state index >= 15 is 0 Å². The first-order valence-electron chi connectivity index (χ1n) is 11.0. The number of imide groups is 1. The minimum absolute atomic E-state index is 0.0748. The summed E-state index contributed by atoms with van der Waals surface area (Å²) in [6.07, 6.45) is 1.63. The summed E-state index contributed by atoms with van der Waals surface area (Å²) in [6.45, 7) is 3.45. The third kappa shape index (κ3) is 4.17. The average molecular weight is 457 g/mol. The van der Waals surface area contributed by atoms with Crippen molar-refractivity contribution in [1.29, 1.82) is 0 Å². The van der Waals surface area contributed by atoms with Crippen LogP contribution in [0.3, 0.4) is 0 Å². The first-order valence-corrected chi connectivity index (χ1v) is 11.0. The van der Waals surface area contributed by atoms with Gasteiger partial charge < -0.3 is 19.5 Å². The third-order valence-corrected chi connectivity index (χ3v) is 5.48. The summed E-state index contributed by atoms with van der Waals surface area (Å²) in [6, 6.07) is 17.8. The molecule has 0 saturated heterocycles. The number of anilines is 1. The summed E-state index contributed by atoms with van der Waals surface area (Å²) in [5.74, 6) is 1.11. The Morgan fingerprint density at radius 3 is 2.50 bits per heavy atom. The standard InChI is InChI=1S/C26H23N3O5/c1-2-32-20-9-6-17(7-10-20)23-24(28-18-8-11-21-22(15-18)34-14-13-33-21)26(31)29(25(23)30)16-19-5-3-4-12-27-19/h3-12,15,28H,2,13-14,16H2,1H3. The van der Waals surface area contributed by atoms with Gasteiger partial charge in [0.25, 0.3) is 11.8 Å². The SMILES string of the molecule is CCOc1ccc(C2=C(Nc3ccc4c(c3)OCCO4)C(=O)N(Cc3ccccn3)C2=O)cc1. The lowest BCUT2D eigenvalue weighted by atomic mass is 10.0. The van der Waals surface area contributed by atoms with Crippen molar-refractivity contribution < 1.29 is 23.8 Å². The van der Waals surface area contributed by atoms with Gasteiger partial charge in [-0.25, -0.2) is 0 Å². The first kappa shape index (κ1) is 21.5. The van der Waals surface area contributed by atoms with Crippen LogP contribution in [0.2, 0.25) is 0 Å². The molecule has 0 aliphatic carbocycles. The van der Waals surface area contributed by atoms with Crippen molar-refractivity contribution in [3.05, 3.63) is 83.8 Å². The van der Waals surface area contributed by atoms with Crippen molar-refractivity contribution in [2.45, 2.75) is 13.5 Å². The molecular formula is C26H23N3O5. The van der Waals surface area contributed by atoms with Crippen LogP contribution in [0.25, 0.3) is 5.57 Å². The van der Waals surface area contributed by atoms with E-state index < -0.39 is 5.91 Å². The molecule has 2 aromatic carbocycles. The molecule has 34 heavy (non-hydrogen) atoms. The lowest BCUT2D eigenvalue weighted by Crippen LogP contribution is -2.32. The first-order chi connectivity index (χ1) is 16.6. The number of fused-ring (bicyclic) bond motifs is 1. The lowest BCUT2D eigenvalue weighted by Gasteiger charge is -2.19. The maximum atomic E-state index is 13.5. The summed E-state index contributed by atoms with van der Waals surface area (Å²) in [5, 5.41) is 3.16. The molecule has 2 aliphatic rings. The Kier molecular flexibility index (Phi) is 5.86. The Balaban J connectivity index is 1.51. The van der Waals surface area contributed by atoms with Gasteiger partial charge in [-0.1, -0.05) is 18.2 Å². The van der Waals surface area contributed by atoms with Crippen LogP contribution in [0.5, 0.6) is 17.2 Å². The zero-order chi connectivity index (χ0) is 23.5. The molecule has 0 saturated carbocycles. The molecule has 1 N–H and O–H groups in total. The molecule has 3 heterocycles. The van der Waals surface area contributed by atoms with Crippen molar-refractivity contribution in [3.8, 4) is 17.2 Å². The van der Waals surface area contributed by atoms with Gasteiger partial charge in [-0.05, 0) is 48.9 Å². The predicted octanol–water partition coefficient (Wildman–Crippen LogP) is 3.64. The van der Waals surface area contributed by atoms with E-state index in [1.54, 1.807) is 60.8 Å². The van der Waals surface area contributed by atoms with Gasteiger partial charge in [0, 0.05) is 18.0 Å². The van der Waals surface area contributed by atoms with Crippen LogP contribution in [0.1, 0.15) is 18.2 Å². The topological polar surface area (TPSA) is 90.0 Å². The van der Waals surface area contributed by atoms with Crippen LogP contribution in [0, 0.1) is 0 Å². The average Bonchev–Trinajstić information content (AvgIpc) is 3.09. The van der Waals surface area contributed by atoms with Crippen LogP contribution >= 0.6 is 0 Å². The molecule has 172 valence electrons. The summed E-state index contributed by atoms with van der Waals surface area (Å²) < 4.78 is 16.8. The molecule has 5 rings (SSSR count). The van der Waals surface area contributed by atoms with Crippen LogP contribution in [-0.4, -0.2) is 41.5 Å². The van der Waals surface area contributed by atoms with Crippen LogP contribution in [0.15, 0.2) is 72.6 Å². The molecule has 8 heteroatoms. The molecule has 0 fully saturated rings. The van der Waals surface area contributed by atoms with E-state index in [4.69, 9.17) is 14.2 Å². The van der Waals surface area contributed by atoms with Gasteiger partial charge in [0.05, 0.1) is 24.4 Å². The van der Waals surface area contributed by atoms with Gasteiger partial charge in [0.2, 0.25) is 0 Å². The van der Waals surface area contributed by atoms with Crippen molar-refractivity contribution in [2.24, 2.45) is 0 Å². The second-order valence-corrected chi connectivity index (χ2v) is 7.71. The van der Waals surface area contributed by atoms with Gasteiger partial charge in [0.15, 0.2) is 11.5 Å². The van der Waals surface area contributed by atoms with E-state index in [0.717, 1.165) is 0 Å². The summed E-state index contributed by atoms with van der Waals surface area (Å²) in [5.41, 5.74) is 2.34. The smallest absolute Gasteiger partial charge is 0.278 e. The van der Waals surface area contributed by atoms with Crippen molar-refractivity contribution >= 4 is 23.1 Å². The van der Waals surface area contributed by atoms with Crippen LogP contribution in [-0.2, 0) is 16.1 Å². The highest BCUT2D eigenvalue weighted by molar-refractivity contribution is 6.36. The molecule has 0 atom stereocenters. The second kappa shape index (κ2) is 9.27. The Morgan fingerprint density at radius 2 is 1.76 bits per heavy atom. The molecule has 0 bridgehead atoms. The minimum atomic E-state index is -0.422. The molecule has 1 aromatic heterocycles. The lowest BCUT2D eigenvalue weighted by molar-refractivity contribution is -0.137. The molecular weight excluding hydrogens is 434 g/mol. The Hall–Kier alpha value is -4.33. The number of amides is 2. The van der Waals surface area contributed by atoms with Crippen LogP contribution < -0.4 is 19.5 Å². The fourth-order valence-electron chi connectivity index (χ4n) is 3.91. The van der Waals surface area contributed by atoms with Crippen molar-refractivity contribution in [3.63, 3.8) is 0 Å². The minimum Gasteiger partial charge on any atom is -0.494 e. The number of benzene rings is 2. The van der Waals surface area contributed by atoms with Gasteiger partial charge in [-0.3, -0.25) is 19.5 Å². The molecule has 0 unspecified atom stereocenters. The Labute approximate surface area is 196 Å². The zero-order valence-corrected chi connectivity index (χ0v) is 18.6. The maximum Gasteiger partial charge on any atom is 0.278 e. The highest BCUT2D eigenvalue weighted by Crippen LogP contribution is 2.36. The highest BCUT2D eigenvalue weighted by atomic mass is 16.6. The van der Waals surface area contributed by atoms with Gasteiger partial charge in [-0.2, -0.15) is 0 Å². The number of pyridine rings is 1. The van der Waals surface area contributed by atoms with E-state index in [-0.39, 0.29) is 18.1 Å². The highest BCUT2D eigenvalue weighted by Gasteiger charge is 2.39. The number of carbonyl (C=O) groups excluding carboxylic acids is 2. The van der Waals surface area contributed by atoms with Crippen molar-refractivity contribution in [2.75, 3.05) is 25.1 Å². The van der Waals surface area contributed by atoms with E-state index in [1.807, 2.05) is 13.0 Å². The van der Waals surface area contributed by atoms with Crippen molar-refractivity contribution in [1.82, 2.24) is 9.88 Å². The summed E-state index contributed by atoms with van der Waals surface area (Å²) >= 11 is 0. The number of hydrogen-bond acceptors (Lipinski definition) is 7. The Bertz CT molecular complexity index is 1260. The molecule has 2 amide bonds. The second-order valence-electron chi connectivity index (χ2n) is 7.71. The van der Waals surface area contributed by atoms with E-state index in [1.165, 1.54) is 4.90 Å². The van der Waals surface area contributed by atoms with E-state index in [9.17, 15) is 9.59 Å². The molecule has 0 spiro atoms. The fraction of sp³-hybridized carbons (Fsp3) is 0.192. The molecule has 8 nitrogen and oxygen atoms in total. The van der Waals surface area contributed by atoms with Crippen LogP contribution in [0.4, 0.5) is 5.69 Å². The van der Waals surface area contributed by atoms with E-state index in [2.05, 4.69) is 10.3 Å². The normalized spacial score (nSPS) is 15.0. The number of hydrogen-bond donors (Lipinski definition) is 1. The number of carbonyl (C=O) groups is 2. The maximum absolute atomic E-state index is 13.5. The fourth-order valence-corrected chi connectivity index (χ4v) is 3.91. The predicted molar refractivity (Wildman–Crippen MR) is 125 cm³/mol. The van der Waals surface area contributed by atoms with E-state index in [0.29, 0.717) is 59.6 Å². The number of nitrogens with zero attached hydrogens (tertiary/aromatic N) is 2. The number of rotatable bonds is 7. The molecule has 2 aliphatic heterocycles. The third-order valence-electron chi connectivity index (χ3n) is 5.48. The summed E-state index contributed by atoms with van der Waals surface area (Å²) in [4.78, 5) is 32.4. The summed E-state index contributed by atoms with van der Waals surface area (Å²) in [7, 11) is 0. The monoisotopic (exact) mass is 457 g/mol. The van der Waals surface area contributed by atoms with Gasteiger partial charge in [0.1, 0.15) is 24.7 Å². The van der Waals surface area contributed by atoms with Gasteiger partial charge >= 0.3 is 0 Å². The number of nitrogens with one attached hydrogen (secondary N) is 1. The van der Waals surface area contributed by atoms with Gasteiger partial charge in [-0.15, -0.1) is 0 Å². The quantitative estimate of drug-likeness (QED) is 0.542. The Morgan fingerprint density at radius 1 is 0.971 bits per heavy atom. The molecule has 0 radical (unpaired) electrons. The number of aromatic nitrogens is 1. The number of ether oxygens (including phenoxy) is 3. The zero-order valence-electron chi connectivity index (χ0n) is 18.6.